The average Bonchev–Trinajstić information content (AvgIpc) is 2.48. The molecule has 0 fully saturated rings. The van der Waals surface area contributed by atoms with E-state index >= 15 is 0 Å². The lowest BCUT2D eigenvalue weighted by Crippen LogP contribution is -2.51. The molecule has 0 spiro atoms. The summed E-state index contributed by atoms with van der Waals surface area (Å²) >= 11 is 0. The molecule has 0 saturated carbocycles. The summed E-state index contributed by atoms with van der Waals surface area (Å²) in [5, 5.41) is 14.5. The second-order valence-electron chi connectivity index (χ2n) is 5.09. The number of phenols is 1. The maximum absolute atomic E-state index is 12.3. The van der Waals surface area contributed by atoms with Gasteiger partial charge in [-0.3, -0.25) is 9.59 Å². The molecule has 0 radical (unpaired) electrons. The number of carbonyl (C=O) groups excluding carboxylic acids is 3. The van der Waals surface area contributed by atoms with E-state index < -0.39 is 29.9 Å². The number of anilines is 1. The van der Waals surface area contributed by atoms with Crippen LogP contribution in [0.2, 0.25) is 0 Å². The van der Waals surface area contributed by atoms with E-state index in [4.69, 9.17) is 5.73 Å². The molecule has 1 aromatic rings. The Bertz CT molecular complexity index is 603. The van der Waals surface area contributed by atoms with Gasteiger partial charge in [-0.15, -0.1) is 0 Å². The predicted octanol–water partition coefficient (Wildman–Crippen LogP) is -0.301. The van der Waals surface area contributed by atoms with Crippen LogP contribution in [-0.2, 0) is 25.5 Å². The summed E-state index contributed by atoms with van der Waals surface area (Å²) in [4.78, 5) is 35.0. The van der Waals surface area contributed by atoms with E-state index in [1.807, 2.05) is 0 Å². The van der Waals surface area contributed by atoms with Crippen molar-refractivity contribution in [1.29, 1.82) is 0 Å². The Balaban J connectivity index is 2.91. The Morgan fingerprint density at radius 1 is 1.30 bits per heavy atom. The smallest absolute Gasteiger partial charge is 0.328 e. The molecule has 0 aliphatic carbocycles. The van der Waals surface area contributed by atoms with Gasteiger partial charge in [0.2, 0.25) is 11.8 Å². The number of carbonyl (C=O) groups is 3. The van der Waals surface area contributed by atoms with Crippen LogP contribution in [0.4, 0.5) is 5.69 Å². The maximum Gasteiger partial charge on any atom is 0.328 e. The molecule has 126 valence electrons. The molecule has 1 rings (SSSR count). The first-order chi connectivity index (χ1) is 10.7. The van der Waals surface area contributed by atoms with Gasteiger partial charge in [0, 0.05) is 19.0 Å². The zero-order valence-corrected chi connectivity index (χ0v) is 13.3. The van der Waals surface area contributed by atoms with Crippen molar-refractivity contribution in [3.8, 4) is 5.75 Å². The zero-order chi connectivity index (χ0) is 17.6. The fourth-order valence-electron chi connectivity index (χ4n) is 1.99. The van der Waals surface area contributed by atoms with Crippen LogP contribution in [-0.4, -0.2) is 42.1 Å². The molecule has 23 heavy (non-hydrogen) atoms. The van der Waals surface area contributed by atoms with Crippen molar-refractivity contribution in [2.24, 2.45) is 0 Å². The van der Waals surface area contributed by atoms with Crippen molar-refractivity contribution in [3.05, 3.63) is 23.8 Å². The molecule has 8 nitrogen and oxygen atoms in total. The van der Waals surface area contributed by atoms with E-state index in [2.05, 4.69) is 15.4 Å². The number of nitrogen functional groups attached to an aromatic ring is 1. The van der Waals surface area contributed by atoms with Crippen LogP contribution < -0.4 is 16.4 Å². The third-order valence-electron chi connectivity index (χ3n) is 3.16. The number of ether oxygens (including phenoxy) is 1. The van der Waals surface area contributed by atoms with E-state index in [9.17, 15) is 19.5 Å². The normalized spacial score (nSPS) is 12.8. The van der Waals surface area contributed by atoms with Crippen LogP contribution in [0.15, 0.2) is 18.2 Å². The van der Waals surface area contributed by atoms with E-state index in [1.165, 1.54) is 39.2 Å². The second-order valence-corrected chi connectivity index (χ2v) is 5.09. The molecule has 1 aromatic carbocycles. The monoisotopic (exact) mass is 323 g/mol. The van der Waals surface area contributed by atoms with Crippen molar-refractivity contribution < 1.29 is 24.2 Å². The Kier molecular flexibility index (Phi) is 6.37. The number of rotatable bonds is 6. The van der Waals surface area contributed by atoms with E-state index in [0.717, 1.165) is 0 Å². The van der Waals surface area contributed by atoms with Gasteiger partial charge in [-0.1, -0.05) is 0 Å². The van der Waals surface area contributed by atoms with Gasteiger partial charge < -0.3 is 26.2 Å². The van der Waals surface area contributed by atoms with Gasteiger partial charge in [0.05, 0.1) is 7.11 Å². The van der Waals surface area contributed by atoms with Crippen molar-refractivity contribution in [2.75, 3.05) is 12.8 Å². The summed E-state index contributed by atoms with van der Waals surface area (Å²) in [5.74, 6) is -1.56. The SMILES string of the molecule is COC(=O)[C@H](C)NC(=O)[C@H](Cc1cc(O)ccc1N)NC(C)=O. The maximum atomic E-state index is 12.3. The number of hydrogen-bond acceptors (Lipinski definition) is 6. The Morgan fingerprint density at radius 3 is 2.52 bits per heavy atom. The summed E-state index contributed by atoms with van der Waals surface area (Å²) in [6.07, 6.45) is 0.0690. The predicted molar refractivity (Wildman–Crippen MR) is 83.4 cm³/mol. The van der Waals surface area contributed by atoms with Gasteiger partial charge in [-0.05, 0) is 30.7 Å². The highest BCUT2D eigenvalue weighted by molar-refractivity contribution is 5.90. The number of phenolic OH excluding ortho intramolecular Hbond substituents is 1. The number of benzene rings is 1. The number of nitrogens with two attached hydrogens (primary N) is 1. The Hall–Kier alpha value is -2.77. The highest BCUT2D eigenvalue weighted by Gasteiger charge is 2.25. The van der Waals surface area contributed by atoms with E-state index in [0.29, 0.717) is 11.3 Å². The zero-order valence-electron chi connectivity index (χ0n) is 13.3. The summed E-state index contributed by atoms with van der Waals surface area (Å²) in [5.41, 5.74) is 6.70. The standard InChI is InChI=1S/C15H21N3O5/c1-8(15(22)23-3)17-14(21)13(18-9(2)19)7-10-6-11(20)4-5-12(10)16/h4-6,8,13,20H,7,16H2,1-3H3,(H,17,21)(H,18,19)/t8-,13-/m0/s1. The van der Waals surface area contributed by atoms with Crippen LogP contribution in [0.3, 0.4) is 0 Å². The minimum absolute atomic E-state index is 0.000822. The lowest BCUT2D eigenvalue weighted by molar-refractivity contribution is -0.144. The lowest BCUT2D eigenvalue weighted by Gasteiger charge is -2.20. The second kappa shape index (κ2) is 8.02. The van der Waals surface area contributed by atoms with E-state index in [-0.39, 0.29) is 12.2 Å². The van der Waals surface area contributed by atoms with Gasteiger partial charge >= 0.3 is 5.97 Å². The lowest BCUT2D eigenvalue weighted by atomic mass is 10.0. The number of nitrogens with one attached hydrogen (secondary N) is 2. The van der Waals surface area contributed by atoms with Crippen molar-refractivity contribution in [3.63, 3.8) is 0 Å². The molecule has 8 heteroatoms. The molecule has 0 unspecified atom stereocenters. The minimum Gasteiger partial charge on any atom is -0.508 e. The summed E-state index contributed by atoms with van der Waals surface area (Å²) < 4.78 is 4.53. The van der Waals surface area contributed by atoms with Crippen molar-refractivity contribution in [1.82, 2.24) is 10.6 Å². The molecule has 0 heterocycles. The minimum atomic E-state index is -0.941. The Morgan fingerprint density at radius 2 is 1.96 bits per heavy atom. The number of aromatic hydroxyl groups is 1. The number of hydrogen-bond donors (Lipinski definition) is 4. The highest BCUT2D eigenvalue weighted by atomic mass is 16.5. The molecule has 2 atom stereocenters. The number of amides is 2. The van der Waals surface area contributed by atoms with Crippen LogP contribution in [0.25, 0.3) is 0 Å². The Labute approximate surface area is 134 Å². The number of methoxy groups -OCH3 is 1. The van der Waals surface area contributed by atoms with Crippen LogP contribution >= 0.6 is 0 Å². The van der Waals surface area contributed by atoms with E-state index in [1.54, 1.807) is 0 Å². The third kappa shape index (κ3) is 5.50. The van der Waals surface area contributed by atoms with Crippen LogP contribution in [0, 0.1) is 0 Å². The largest absolute Gasteiger partial charge is 0.508 e. The molecule has 0 aliphatic heterocycles. The first kappa shape index (κ1) is 18.3. The first-order valence-electron chi connectivity index (χ1n) is 6.97. The fourth-order valence-corrected chi connectivity index (χ4v) is 1.99. The molecular formula is C15H21N3O5. The molecule has 0 saturated heterocycles. The molecule has 0 bridgehead atoms. The van der Waals surface area contributed by atoms with Gasteiger partial charge in [0.1, 0.15) is 17.8 Å². The van der Waals surface area contributed by atoms with Gasteiger partial charge in [-0.25, -0.2) is 4.79 Å². The van der Waals surface area contributed by atoms with Crippen molar-refractivity contribution in [2.45, 2.75) is 32.4 Å². The molecule has 2 amide bonds. The summed E-state index contributed by atoms with van der Waals surface area (Å²) in [6.45, 7) is 2.74. The average molecular weight is 323 g/mol. The van der Waals surface area contributed by atoms with Gasteiger partial charge in [0.15, 0.2) is 0 Å². The van der Waals surface area contributed by atoms with Crippen LogP contribution in [0.1, 0.15) is 19.4 Å². The quantitative estimate of drug-likeness (QED) is 0.323. The van der Waals surface area contributed by atoms with Gasteiger partial charge in [0.25, 0.3) is 0 Å². The third-order valence-corrected chi connectivity index (χ3v) is 3.16. The molecule has 5 N–H and O–H groups in total. The molecule has 0 aliphatic rings. The molecular weight excluding hydrogens is 302 g/mol. The summed E-state index contributed by atoms with van der Waals surface area (Å²) in [7, 11) is 1.21. The fraction of sp³-hybridized carbons (Fsp3) is 0.400. The number of esters is 1. The summed E-state index contributed by atoms with van der Waals surface area (Å²) in [6, 6.07) is 2.55. The first-order valence-corrected chi connectivity index (χ1v) is 6.97. The molecule has 0 aromatic heterocycles. The van der Waals surface area contributed by atoms with Crippen molar-refractivity contribution >= 4 is 23.5 Å². The van der Waals surface area contributed by atoms with Crippen LogP contribution in [0.5, 0.6) is 5.75 Å². The van der Waals surface area contributed by atoms with Gasteiger partial charge in [-0.2, -0.15) is 0 Å². The highest BCUT2D eigenvalue weighted by Crippen LogP contribution is 2.20. The topological polar surface area (TPSA) is 131 Å².